The van der Waals surface area contributed by atoms with Crippen molar-refractivity contribution in [3.63, 3.8) is 0 Å². The largest absolute Gasteiger partial charge is 0.465 e. The zero-order valence-electron chi connectivity index (χ0n) is 28.5. The number of hydrogen-bond acceptors (Lipinski definition) is 9. The molecule has 2 aliphatic heterocycles. The summed E-state index contributed by atoms with van der Waals surface area (Å²) in [5.41, 5.74) is -3.18. The number of fused-ring (bicyclic) bond motifs is 2. The number of aromatic amines is 1. The van der Waals surface area contributed by atoms with E-state index in [1.165, 1.54) is 0 Å². The van der Waals surface area contributed by atoms with Gasteiger partial charge >= 0.3 is 11.9 Å². The van der Waals surface area contributed by atoms with Crippen molar-refractivity contribution < 1.29 is 26.7 Å². The van der Waals surface area contributed by atoms with Crippen molar-refractivity contribution in [2.45, 2.75) is 76.7 Å². The molecule has 7 rings (SSSR count). The highest BCUT2D eigenvalue weighted by molar-refractivity contribution is 5.35. The fraction of sp³-hybridized carbons (Fsp3) is 0.417. The van der Waals surface area contributed by atoms with Crippen LogP contribution in [0, 0.1) is 12.7 Å². The molecule has 0 saturated carbocycles. The van der Waals surface area contributed by atoms with E-state index >= 15 is 4.39 Å². The van der Waals surface area contributed by atoms with Crippen LogP contribution in [0.3, 0.4) is 0 Å². The molecular weight excluding hydrogens is 684 g/mol. The number of rotatable bonds is 12. The maximum Gasteiger partial charge on any atom is 0.416 e. The summed E-state index contributed by atoms with van der Waals surface area (Å²) >= 11 is 0. The molecule has 1 saturated heterocycles. The molecule has 0 amide bonds. The summed E-state index contributed by atoms with van der Waals surface area (Å²) < 4.78 is 72.0. The summed E-state index contributed by atoms with van der Waals surface area (Å²) in [6, 6.07) is 15.2. The van der Waals surface area contributed by atoms with Gasteiger partial charge in [-0.3, -0.25) is 18.8 Å². The number of halogens is 4. The number of nitrogens with one attached hydrogen (secondary N) is 2. The second kappa shape index (κ2) is 14.6. The lowest BCUT2D eigenvalue weighted by Crippen LogP contribution is -2.50. The third-order valence-corrected chi connectivity index (χ3v) is 9.98. The molecule has 0 bridgehead atoms. The first-order valence-corrected chi connectivity index (χ1v) is 17.2. The normalized spacial score (nSPS) is 16.4. The van der Waals surface area contributed by atoms with E-state index in [0.29, 0.717) is 57.7 Å². The molecule has 5 heterocycles. The molecule has 0 unspecified atom stereocenters. The number of ether oxygens (including phenoxy) is 1. The van der Waals surface area contributed by atoms with Crippen molar-refractivity contribution in [2.24, 2.45) is 0 Å². The smallest absolute Gasteiger partial charge is 0.416 e. The van der Waals surface area contributed by atoms with Crippen LogP contribution in [0.2, 0.25) is 0 Å². The van der Waals surface area contributed by atoms with Gasteiger partial charge in [-0.05, 0) is 62.6 Å². The molecular formula is C36H38F4N8O4. The molecule has 2 aromatic carbocycles. The Morgan fingerprint density at radius 3 is 2.48 bits per heavy atom. The van der Waals surface area contributed by atoms with Gasteiger partial charge in [0, 0.05) is 25.1 Å². The number of aromatic nitrogens is 6. The number of H-pyrrole nitrogens is 1. The summed E-state index contributed by atoms with van der Waals surface area (Å²) in [5, 5.41) is 17.4. The van der Waals surface area contributed by atoms with Crippen LogP contribution in [-0.2, 0) is 49.2 Å². The monoisotopic (exact) mass is 722 g/mol. The van der Waals surface area contributed by atoms with E-state index in [1.54, 1.807) is 0 Å². The minimum atomic E-state index is -4.88. The summed E-state index contributed by atoms with van der Waals surface area (Å²) in [4.78, 5) is 31.2. The summed E-state index contributed by atoms with van der Waals surface area (Å²) in [7, 11) is 0. The average Bonchev–Trinajstić information content (AvgIpc) is 3.88. The third-order valence-electron chi connectivity index (χ3n) is 9.98. The molecule has 12 nitrogen and oxygen atoms in total. The summed E-state index contributed by atoms with van der Waals surface area (Å²) in [5.74, 6) is 1.04. The van der Waals surface area contributed by atoms with Crippen molar-refractivity contribution in [3.05, 3.63) is 133 Å². The van der Waals surface area contributed by atoms with Gasteiger partial charge in [-0.2, -0.15) is 18.4 Å². The van der Waals surface area contributed by atoms with Crippen LogP contribution >= 0.6 is 0 Å². The van der Waals surface area contributed by atoms with Gasteiger partial charge in [0.1, 0.15) is 22.9 Å². The Balaban J connectivity index is 1.27. The second-order valence-corrected chi connectivity index (χ2v) is 13.3. The fourth-order valence-corrected chi connectivity index (χ4v) is 7.32. The molecule has 16 heteroatoms. The molecule has 0 aliphatic carbocycles. The number of aryl methyl sites for hydroxylation is 2. The van der Waals surface area contributed by atoms with Crippen molar-refractivity contribution in [3.8, 4) is 0 Å². The molecule has 2 N–H and O–H groups in total. The quantitative estimate of drug-likeness (QED) is 0.140. The number of tetrazole rings is 1. The Labute approximate surface area is 295 Å². The Kier molecular flexibility index (Phi) is 9.96. The van der Waals surface area contributed by atoms with Crippen LogP contribution in [0.4, 0.5) is 17.6 Å². The molecule has 1 atom stereocenters. The van der Waals surface area contributed by atoms with Gasteiger partial charge in [-0.15, -0.1) is 10.2 Å². The minimum absolute atomic E-state index is 0.138. The van der Waals surface area contributed by atoms with E-state index in [-0.39, 0.29) is 24.4 Å². The maximum atomic E-state index is 15.3. The maximum absolute atomic E-state index is 15.3. The first kappa shape index (κ1) is 35.5. The molecule has 52 heavy (non-hydrogen) atoms. The molecule has 3 aromatic heterocycles. The van der Waals surface area contributed by atoms with E-state index in [1.807, 2.05) is 49.4 Å². The Hall–Kier alpha value is -4.93. The molecule has 5 aromatic rings. The lowest BCUT2D eigenvalue weighted by Gasteiger charge is -2.38. The molecule has 1 spiro atoms. The Morgan fingerprint density at radius 2 is 1.79 bits per heavy atom. The van der Waals surface area contributed by atoms with Crippen LogP contribution in [0.25, 0.3) is 0 Å². The van der Waals surface area contributed by atoms with Gasteiger partial charge in [0.25, 0.3) is 5.56 Å². The highest BCUT2D eigenvalue weighted by atomic mass is 19.4. The van der Waals surface area contributed by atoms with Crippen LogP contribution in [0.15, 0.2) is 74.7 Å². The van der Waals surface area contributed by atoms with Gasteiger partial charge in [0.15, 0.2) is 5.82 Å². The van der Waals surface area contributed by atoms with E-state index in [2.05, 4.69) is 30.8 Å². The molecule has 1 fully saturated rings. The lowest BCUT2D eigenvalue weighted by molar-refractivity contribution is -0.138. The van der Waals surface area contributed by atoms with Gasteiger partial charge < -0.3 is 14.5 Å². The van der Waals surface area contributed by atoms with Crippen molar-refractivity contribution >= 4 is 0 Å². The SMILES string of the molecule is Cc1ccc(CN2CCC3(CC2)OCc2c3c(=O)n(C[C@H](NCCCc3nn[nH]n3)c3ccccc3)c(=O)n2Cc2c(F)cccc2C(F)(F)F)o1. The van der Waals surface area contributed by atoms with Crippen LogP contribution < -0.4 is 16.6 Å². The number of furan rings is 1. The second-order valence-electron chi connectivity index (χ2n) is 13.3. The predicted octanol–water partition coefficient (Wildman–Crippen LogP) is 4.62. The molecule has 0 radical (unpaired) electrons. The molecule has 2 aliphatic rings. The first-order valence-electron chi connectivity index (χ1n) is 17.2. The zero-order valence-corrected chi connectivity index (χ0v) is 28.5. The number of nitrogens with zero attached hydrogens (tertiary/aromatic N) is 6. The number of likely N-dealkylation sites (tertiary alicyclic amines) is 1. The van der Waals surface area contributed by atoms with Gasteiger partial charge in [-0.25, -0.2) is 9.18 Å². The lowest BCUT2D eigenvalue weighted by atomic mass is 9.85. The van der Waals surface area contributed by atoms with E-state index in [9.17, 15) is 22.8 Å². The van der Waals surface area contributed by atoms with Crippen LogP contribution in [-0.4, -0.2) is 54.3 Å². The minimum Gasteiger partial charge on any atom is -0.465 e. The summed E-state index contributed by atoms with van der Waals surface area (Å²) in [6.07, 6.45) is -2.93. The van der Waals surface area contributed by atoms with Crippen molar-refractivity contribution in [1.82, 2.24) is 40.0 Å². The topological polar surface area (TPSA) is 136 Å². The fourth-order valence-electron chi connectivity index (χ4n) is 7.32. The van der Waals surface area contributed by atoms with Crippen molar-refractivity contribution in [2.75, 3.05) is 19.6 Å². The number of alkyl halides is 3. The zero-order chi connectivity index (χ0) is 36.5. The van der Waals surface area contributed by atoms with Crippen LogP contribution in [0.1, 0.15) is 70.6 Å². The predicted molar refractivity (Wildman–Crippen MR) is 180 cm³/mol. The number of piperidine rings is 1. The standard InChI is InChI=1S/C36H38F4N8O4/c1-23-12-13-25(52-23)19-46-17-14-35(15-18-46)32-30(22-51-35)47(20-26-27(36(38,39)40)9-5-10-28(26)37)34(50)48(33(32)49)21-29(24-7-3-2-4-8-24)41-16-6-11-31-42-44-45-43-31/h2-5,7-10,12-13,29,41H,6,11,14-22H2,1H3,(H,42,43,44,45)/t29-/m0/s1. The van der Waals surface area contributed by atoms with Gasteiger partial charge in [0.2, 0.25) is 0 Å². The number of benzene rings is 2. The van der Waals surface area contributed by atoms with E-state index < -0.39 is 52.6 Å². The highest BCUT2D eigenvalue weighted by Crippen LogP contribution is 2.43. The van der Waals surface area contributed by atoms with E-state index in [4.69, 9.17) is 9.15 Å². The van der Waals surface area contributed by atoms with Crippen LogP contribution in [0.5, 0.6) is 0 Å². The highest BCUT2D eigenvalue weighted by Gasteiger charge is 2.47. The number of hydrogen-bond donors (Lipinski definition) is 2. The first-order chi connectivity index (χ1) is 25.0. The molecule has 274 valence electrons. The Bertz CT molecular complexity index is 2120. The van der Waals surface area contributed by atoms with Gasteiger partial charge in [-0.1, -0.05) is 41.6 Å². The third kappa shape index (κ3) is 7.22. The van der Waals surface area contributed by atoms with Gasteiger partial charge in [0.05, 0.1) is 49.1 Å². The summed E-state index contributed by atoms with van der Waals surface area (Å²) in [6.45, 7) is 2.92. The van der Waals surface area contributed by atoms with Crippen molar-refractivity contribution in [1.29, 1.82) is 0 Å². The Morgan fingerprint density at radius 1 is 1.00 bits per heavy atom. The van der Waals surface area contributed by atoms with E-state index in [0.717, 1.165) is 44.4 Å². The average molecular weight is 723 g/mol.